The van der Waals surface area contributed by atoms with Crippen LogP contribution in [0.25, 0.3) is 0 Å². The van der Waals surface area contributed by atoms with Gasteiger partial charge in [-0.25, -0.2) is 0 Å². The summed E-state index contributed by atoms with van der Waals surface area (Å²) in [7, 11) is 0. The molecule has 126 valence electrons. The number of carbonyl (C=O) groups is 1. The van der Waals surface area contributed by atoms with Crippen molar-refractivity contribution in [1.29, 1.82) is 0 Å². The summed E-state index contributed by atoms with van der Waals surface area (Å²) in [5.41, 5.74) is 1.47. The van der Waals surface area contributed by atoms with Crippen molar-refractivity contribution in [2.75, 3.05) is 45.9 Å². The smallest absolute Gasteiger partial charge is 0.257 e. The van der Waals surface area contributed by atoms with E-state index in [1.165, 1.54) is 0 Å². The number of rotatable bonds is 4. The second kappa shape index (κ2) is 7.32. The first-order valence-corrected chi connectivity index (χ1v) is 8.58. The second-order valence-corrected chi connectivity index (χ2v) is 6.52. The zero-order valence-corrected chi connectivity index (χ0v) is 13.8. The molecule has 0 aliphatic carbocycles. The van der Waals surface area contributed by atoms with Crippen molar-refractivity contribution in [3.8, 4) is 5.75 Å². The van der Waals surface area contributed by atoms with Gasteiger partial charge in [0.2, 0.25) is 0 Å². The van der Waals surface area contributed by atoms with Crippen molar-refractivity contribution in [2.45, 2.75) is 19.8 Å². The monoisotopic (exact) mass is 318 g/mol. The van der Waals surface area contributed by atoms with Crippen LogP contribution in [0, 0.1) is 5.92 Å². The number of aryl methyl sites for hydroxylation is 1. The zero-order chi connectivity index (χ0) is 16.2. The van der Waals surface area contributed by atoms with Gasteiger partial charge in [0, 0.05) is 32.7 Å². The topological polar surface area (TPSA) is 53.0 Å². The fourth-order valence-electron chi connectivity index (χ4n) is 3.46. The molecule has 1 N–H and O–H groups in total. The maximum absolute atomic E-state index is 12.6. The van der Waals surface area contributed by atoms with Gasteiger partial charge in [0.1, 0.15) is 5.75 Å². The molecule has 0 spiro atoms. The summed E-state index contributed by atoms with van der Waals surface area (Å²) in [6.45, 7) is 8.24. The van der Waals surface area contributed by atoms with Crippen molar-refractivity contribution in [1.82, 2.24) is 9.80 Å². The first-order valence-electron chi connectivity index (χ1n) is 8.58. The van der Waals surface area contributed by atoms with Crippen LogP contribution in [0.3, 0.4) is 0 Å². The highest BCUT2D eigenvalue weighted by Gasteiger charge is 2.29. The number of amides is 1. The van der Waals surface area contributed by atoms with E-state index in [0.29, 0.717) is 11.5 Å². The van der Waals surface area contributed by atoms with E-state index in [1.807, 2.05) is 17.9 Å². The summed E-state index contributed by atoms with van der Waals surface area (Å²) in [6, 6.07) is 5.38. The molecule has 2 aliphatic heterocycles. The van der Waals surface area contributed by atoms with Crippen molar-refractivity contribution in [3.05, 3.63) is 29.3 Å². The summed E-state index contributed by atoms with van der Waals surface area (Å²) in [6.07, 6.45) is 1.89. The largest absolute Gasteiger partial charge is 0.507 e. The van der Waals surface area contributed by atoms with Gasteiger partial charge in [-0.05, 0) is 36.5 Å². The number of carbonyl (C=O) groups excluding carboxylic acids is 1. The molecule has 2 aliphatic rings. The van der Waals surface area contributed by atoms with Gasteiger partial charge in [0.25, 0.3) is 5.91 Å². The molecule has 1 aromatic rings. The molecule has 5 nitrogen and oxygen atoms in total. The lowest BCUT2D eigenvalue weighted by Crippen LogP contribution is -2.40. The number of morpholine rings is 1. The lowest BCUT2D eigenvalue weighted by atomic mass is 10.1. The van der Waals surface area contributed by atoms with Crippen LogP contribution in [-0.2, 0) is 11.2 Å². The third kappa shape index (κ3) is 3.85. The Labute approximate surface area is 137 Å². The summed E-state index contributed by atoms with van der Waals surface area (Å²) < 4.78 is 5.38. The Morgan fingerprint density at radius 3 is 2.78 bits per heavy atom. The van der Waals surface area contributed by atoms with Crippen LogP contribution in [0.2, 0.25) is 0 Å². The molecule has 0 bridgehead atoms. The van der Waals surface area contributed by atoms with E-state index < -0.39 is 0 Å². The van der Waals surface area contributed by atoms with E-state index in [1.54, 1.807) is 12.1 Å². The van der Waals surface area contributed by atoms with Gasteiger partial charge in [-0.15, -0.1) is 0 Å². The van der Waals surface area contributed by atoms with Gasteiger partial charge >= 0.3 is 0 Å². The molecule has 23 heavy (non-hydrogen) atoms. The van der Waals surface area contributed by atoms with Crippen molar-refractivity contribution in [2.24, 2.45) is 5.92 Å². The number of aromatic hydroxyl groups is 1. The number of benzene rings is 1. The van der Waals surface area contributed by atoms with Gasteiger partial charge in [0.15, 0.2) is 0 Å². The fraction of sp³-hybridized carbons (Fsp3) is 0.611. The van der Waals surface area contributed by atoms with E-state index in [-0.39, 0.29) is 11.7 Å². The highest BCUT2D eigenvalue weighted by Crippen LogP contribution is 2.25. The van der Waals surface area contributed by atoms with Crippen molar-refractivity contribution < 1.29 is 14.6 Å². The minimum atomic E-state index is -0.0466. The Kier molecular flexibility index (Phi) is 5.18. The molecule has 5 heteroatoms. The van der Waals surface area contributed by atoms with Crippen molar-refractivity contribution >= 4 is 5.91 Å². The second-order valence-electron chi connectivity index (χ2n) is 6.52. The number of phenols is 1. The van der Waals surface area contributed by atoms with Crippen LogP contribution >= 0.6 is 0 Å². The Bertz CT molecular complexity index is 555. The van der Waals surface area contributed by atoms with Crippen LogP contribution in [0.4, 0.5) is 0 Å². The average Bonchev–Trinajstić information content (AvgIpc) is 3.03. The Balaban J connectivity index is 1.58. The summed E-state index contributed by atoms with van der Waals surface area (Å²) in [4.78, 5) is 16.9. The third-order valence-corrected chi connectivity index (χ3v) is 4.89. The molecule has 1 aromatic carbocycles. The number of nitrogens with zero attached hydrogens (tertiary/aromatic N) is 2. The van der Waals surface area contributed by atoms with E-state index in [2.05, 4.69) is 4.90 Å². The standard InChI is InChI=1S/C18H26N2O3/c1-2-14-3-4-16(17(21)11-14)18(22)20-6-5-15(13-20)12-19-7-9-23-10-8-19/h3-4,11,15,21H,2,5-10,12-13H2,1H3. The number of hydrogen-bond acceptors (Lipinski definition) is 4. The van der Waals surface area contributed by atoms with Gasteiger partial charge < -0.3 is 14.7 Å². The summed E-state index contributed by atoms with van der Waals surface area (Å²) >= 11 is 0. The Morgan fingerprint density at radius 2 is 2.09 bits per heavy atom. The molecule has 0 radical (unpaired) electrons. The maximum Gasteiger partial charge on any atom is 0.257 e. The minimum absolute atomic E-state index is 0.0466. The minimum Gasteiger partial charge on any atom is -0.507 e. The predicted molar refractivity (Wildman–Crippen MR) is 88.8 cm³/mol. The lowest BCUT2D eigenvalue weighted by molar-refractivity contribution is 0.0310. The molecule has 1 unspecified atom stereocenters. The fourth-order valence-corrected chi connectivity index (χ4v) is 3.46. The van der Waals surface area contributed by atoms with E-state index in [0.717, 1.165) is 64.3 Å². The third-order valence-electron chi connectivity index (χ3n) is 4.89. The lowest BCUT2D eigenvalue weighted by Gasteiger charge is -2.29. The number of phenolic OH excluding ortho intramolecular Hbond substituents is 1. The molecule has 1 amide bonds. The Morgan fingerprint density at radius 1 is 1.30 bits per heavy atom. The van der Waals surface area contributed by atoms with E-state index in [9.17, 15) is 9.90 Å². The molecular formula is C18H26N2O3. The first kappa shape index (κ1) is 16.3. The molecule has 0 aromatic heterocycles. The summed E-state index contributed by atoms with van der Waals surface area (Å²) in [5.74, 6) is 0.578. The highest BCUT2D eigenvalue weighted by molar-refractivity contribution is 5.97. The molecular weight excluding hydrogens is 292 g/mol. The number of likely N-dealkylation sites (tertiary alicyclic amines) is 1. The van der Waals surface area contributed by atoms with Crippen LogP contribution < -0.4 is 0 Å². The number of hydrogen-bond donors (Lipinski definition) is 1. The van der Waals surface area contributed by atoms with E-state index in [4.69, 9.17) is 4.74 Å². The van der Waals surface area contributed by atoms with Gasteiger partial charge in [-0.3, -0.25) is 9.69 Å². The molecule has 2 saturated heterocycles. The van der Waals surface area contributed by atoms with Gasteiger partial charge in [0.05, 0.1) is 18.8 Å². The van der Waals surface area contributed by atoms with Crippen LogP contribution in [0.1, 0.15) is 29.3 Å². The molecule has 2 heterocycles. The Hall–Kier alpha value is -1.59. The molecule has 1 atom stereocenters. The predicted octanol–water partition coefficient (Wildman–Crippen LogP) is 1.75. The molecule has 0 saturated carbocycles. The quantitative estimate of drug-likeness (QED) is 0.919. The van der Waals surface area contributed by atoms with Crippen LogP contribution in [0.15, 0.2) is 18.2 Å². The van der Waals surface area contributed by atoms with Gasteiger partial charge in [-0.1, -0.05) is 13.0 Å². The SMILES string of the molecule is CCc1ccc(C(=O)N2CCC(CN3CCOCC3)C2)c(O)c1. The first-order chi connectivity index (χ1) is 11.2. The zero-order valence-electron chi connectivity index (χ0n) is 13.8. The van der Waals surface area contributed by atoms with E-state index >= 15 is 0 Å². The maximum atomic E-state index is 12.6. The number of ether oxygens (including phenoxy) is 1. The van der Waals surface area contributed by atoms with Crippen molar-refractivity contribution in [3.63, 3.8) is 0 Å². The summed E-state index contributed by atoms with van der Waals surface area (Å²) in [5, 5.41) is 10.1. The van der Waals surface area contributed by atoms with Crippen LogP contribution in [-0.4, -0.2) is 66.8 Å². The molecule has 2 fully saturated rings. The normalized spacial score (nSPS) is 22.5. The highest BCUT2D eigenvalue weighted by atomic mass is 16.5. The van der Waals surface area contributed by atoms with Crippen LogP contribution in [0.5, 0.6) is 5.75 Å². The molecule has 3 rings (SSSR count). The average molecular weight is 318 g/mol. The van der Waals surface area contributed by atoms with Gasteiger partial charge in [-0.2, -0.15) is 0 Å².